The summed E-state index contributed by atoms with van der Waals surface area (Å²) in [6.07, 6.45) is 1.62. The smallest absolute Gasteiger partial charge is 0.256 e. The summed E-state index contributed by atoms with van der Waals surface area (Å²) < 4.78 is 1.66. The first-order valence-corrected chi connectivity index (χ1v) is 6.08. The van der Waals surface area contributed by atoms with Crippen molar-refractivity contribution >= 4 is 0 Å². The minimum absolute atomic E-state index is 0.0423. The zero-order valence-corrected chi connectivity index (χ0v) is 11.3. The number of hydrogen-bond donors (Lipinski definition) is 0. The van der Waals surface area contributed by atoms with E-state index in [1.54, 1.807) is 10.9 Å². The first-order valence-electron chi connectivity index (χ1n) is 6.08. The summed E-state index contributed by atoms with van der Waals surface area (Å²) in [5.74, 6) is 0. The molecule has 1 heterocycles. The molecule has 0 amide bonds. The molecule has 1 aromatic carbocycles. The molecule has 0 N–H and O–H groups in total. The van der Waals surface area contributed by atoms with Crippen molar-refractivity contribution in [2.24, 2.45) is 0 Å². The summed E-state index contributed by atoms with van der Waals surface area (Å²) in [7, 11) is 0. The van der Waals surface area contributed by atoms with Gasteiger partial charge in [-0.25, -0.2) is 4.98 Å². The van der Waals surface area contributed by atoms with Gasteiger partial charge in [0.2, 0.25) is 0 Å². The van der Waals surface area contributed by atoms with Crippen molar-refractivity contribution in [1.82, 2.24) is 9.55 Å². The normalized spacial score (nSPS) is 10.7. The molecule has 3 nitrogen and oxygen atoms in total. The average Bonchev–Trinajstić information content (AvgIpc) is 2.34. The van der Waals surface area contributed by atoms with Gasteiger partial charge < -0.3 is 0 Å². The maximum Gasteiger partial charge on any atom is 0.256 e. The highest BCUT2D eigenvalue weighted by atomic mass is 16.1. The standard InChI is InChI=1S/C15H18N2O/c1-10-5-6-14(7-11(10)2)8-17-9-16-13(4)12(3)15(17)18/h5-7,9H,8H2,1-4H3. The van der Waals surface area contributed by atoms with Crippen molar-refractivity contribution in [3.63, 3.8) is 0 Å². The molecule has 0 fully saturated rings. The Hall–Kier alpha value is -1.90. The van der Waals surface area contributed by atoms with Crippen molar-refractivity contribution in [1.29, 1.82) is 0 Å². The van der Waals surface area contributed by atoms with E-state index < -0.39 is 0 Å². The number of hydrogen-bond acceptors (Lipinski definition) is 2. The molecule has 18 heavy (non-hydrogen) atoms. The summed E-state index contributed by atoms with van der Waals surface area (Å²) in [5, 5.41) is 0. The molecular weight excluding hydrogens is 224 g/mol. The van der Waals surface area contributed by atoms with E-state index in [1.165, 1.54) is 11.1 Å². The van der Waals surface area contributed by atoms with E-state index in [2.05, 4.69) is 37.0 Å². The molecule has 2 rings (SSSR count). The predicted molar refractivity (Wildman–Crippen MR) is 73.0 cm³/mol. The molecule has 0 saturated carbocycles. The second kappa shape index (κ2) is 4.77. The van der Waals surface area contributed by atoms with Gasteiger partial charge in [0.25, 0.3) is 5.56 Å². The molecule has 0 saturated heterocycles. The first-order chi connectivity index (χ1) is 8.49. The Bertz CT molecular complexity index is 641. The zero-order chi connectivity index (χ0) is 13.3. The molecule has 0 aliphatic heterocycles. The fourth-order valence-corrected chi connectivity index (χ4v) is 1.89. The van der Waals surface area contributed by atoms with Gasteiger partial charge in [-0.05, 0) is 44.4 Å². The Morgan fingerprint density at radius 1 is 1.11 bits per heavy atom. The van der Waals surface area contributed by atoms with Crippen LogP contribution in [-0.4, -0.2) is 9.55 Å². The fourth-order valence-electron chi connectivity index (χ4n) is 1.89. The largest absolute Gasteiger partial charge is 0.295 e. The molecule has 0 radical (unpaired) electrons. The zero-order valence-electron chi connectivity index (χ0n) is 11.3. The minimum atomic E-state index is 0.0423. The SMILES string of the molecule is Cc1ccc(Cn2cnc(C)c(C)c2=O)cc1C. The summed E-state index contributed by atoms with van der Waals surface area (Å²) in [4.78, 5) is 16.3. The third-order valence-corrected chi connectivity index (χ3v) is 3.44. The number of aryl methyl sites for hydroxylation is 3. The molecule has 94 valence electrons. The van der Waals surface area contributed by atoms with Crippen LogP contribution < -0.4 is 5.56 Å². The highest BCUT2D eigenvalue weighted by molar-refractivity contribution is 5.30. The van der Waals surface area contributed by atoms with Gasteiger partial charge in [0.05, 0.1) is 12.9 Å². The highest BCUT2D eigenvalue weighted by Crippen LogP contribution is 2.10. The topological polar surface area (TPSA) is 34.9 Å². The first kappa shape index (κ1) is 12.6. The van der Waals surface area contributed by atoms with Gasteiger partial charge in [-0.3, -0.25) is 9.36 Å². The Balaban J connectivity index is 2.37. The van der Waals surface area contributed by atoms with E-state index in [1.807, 2.05) is 13.8 Å². The molecule has 0 aliphatic carbocycles. The average molecular weight is 242 g/mol. The highest BCUT2D eigenvalue weighted by Gasteiger charge is 2.05. The lowest BCUT2D eigenvalue weighted by atomic mass is 10.1. The van der Waals surface area contributed by atoms with Crippen LogP contribution in [0, 0.1) is 27.7 Å². The molecule has 0 aliphatic rings. The molecule has 3 heteroatoms. The number of aromatic nitrogens is 2. The number of nitrogens with zero attached hydrogens (tertiary/aromatic N) is 2. The van der Waals surface area contributed by atoms with E-state index in [0.717, 1.165) is 16.8 Å². The predicted octanol–water partition coefficient (Wildman–Crippen LogP) is 2.53. The van der Waals surface area contributed by atoms with E-state index in [-0.39, 0.29) is 5.56 Å². The van der Waals surface area contributed by atoms with Gasteiger partial charge >= 0.3 is 0 Å². The van der Waals surface area contributed by atoms with E-state index in [0.29, 0.717) is 6.54 Å². The molecular formula is C15H18N2O. The lowest BCUT2D eigenvalue weighted by Gasteiger charge is -2.09. The maximum absolute atomic E-state index is 12.1. The number of rotatable bonds is 2. The Kier molecular flexibility index (Phi) is 3.32. The van der Waals surface area contributed by atoms with Gasteiger partial charge in [-0.1, -0.05) is 18.2 Å². The van der Waals surface area contributed by atoms with Crippen molar-refractivity contribution in [3.05, 3.63) is 62.8 Å². The van der Waals surface area contributed by atoms with Gasteiger partial charge in [-0.2, -0.15) is 0 Å². The molecule has 0 atom stereocenters. The second-order valence-corrected chi connectivity index (χ2v) is 4.81. The van der Waals surface area contributed by atoms with Crippen LogP contribution in [0.3, 0.4) is 0 Å². The molecule has 0 bridgehead atoms. The summed E-state index contributed by atoms with van der Waals surface area (Å²) in [5.41, 5.74) is 5.21. The van der Waals surface area contributed by atoms with Crippen LogP contribution in [0.1, 0.15) is 27.9 Å². The summed E-state index contributed by atoms with van der Waals surface area (Å²) >= 11 is 0. The monoisotopic (exact) mass is 242 g/mol. The van der Waals surface area contributed by atoms with Gasteiger partial charge in [0.15, 0.2) is 0 Å². The van der Waals surface area contributed by atoms with Crippen LogP contribution in [0.4, 0.5) is 0 Å². The Morgan fingerprint density at radius 3 is 2.50 bits per heavy atom. The second-order valence-electron chi connectivity index (χ2n) is 4.81. The van der Waals surface area contributed by atoms with Crippen LogP contribution in [0.15, 0.2) is 29.3 Å². The van der Waals surface area contributed by atoms with Crippen molar-refractivity contribution in [2.45, 2.75) is 34.2 Å². The molecule has 1 aromatic heterocycles. The van der Waals surface area contributed by atoms with Crippen LogP contribution in [0.2, 0.25) is 0 Å². The third-order valence-electron chi connectivity index (χ3n) is 3.44. The summed E-state index contributed by atoms with van der Waals surface area (Å²) in [6, 6.07) is 6.27. The quantitative estimate of drug-likeness (QED) is 0.811. The maximum atomic E-state index is 12.1. The lowest BCUT2D eigenvalue weighted by Crippen LogP contribution is -2.24. The Labute approximate surface area is 107 Å². The van der Waals surface area contributed by atoms with Gasteiger partial charge in [0.1, 0.15) is 0 Å². The van der Waals surface area contributed by atoms with E-state index in [4.69, 9.17) is 0 Å². The Morgan fingerprint density at radius 2 is 1.83 bits per heavy atom. The molecule has 2 aromatic rings. The summed E-state index contributed by atoms with van der Waals surface area (Å²) in [6.45, 7) is 8.43. The fraction of sp³-hybridized carbons (Fsp3) is 0.333. The van der Waals surface area contributed by atoms with Gasteiger partial charge in [-0.15, -0.1) is 0 Å². The van der Waals surface area contributed by atoms with E-state index >= 15 is 0 Å². The third kappa shape index (κ3) is 2.35. The number of benzene rings is 1. The molecule has 0 unspecified atom stereocenters. The van der Waals surface area contributed by atoms with Crippen molar-refractivity contribution < 1.29 is 0 Å². The van der Waals surface area contributed by atoms with E-state index in [9.17, 15) is 4.79 Å². The van der Waals surface area contributed by atoms with Crippen LogP contribution in [0.25, 0.3) is 0 Å². The van der Waals surface area contributed by atoms with Crippen LogP contribution in [0.5, 0.6) is 0 Å². The van der Waals surface area contributed by atoms with Crippen molar-refractivity contribution in [2.75, 3.05) is 0 Å². The lowest BCUT2D eigenvalue weighted by molar-refractivity contribution is 0.720. The van der Waals surface area contributed by atoms with Gasteiger partial charge in [0, 0.05) is 11.3 Å². The van der Waals surface area contributed by atoms with Crippen LogP contribution >= 0.6 is 0 Å². The van der Waals surface area contributed by atoms with Crippen LogP contribution in [-0.2, 0) is 6.54 Å². The minimum Gasteiger partial charge on any atom is -0.295 e. The molecule has 0 spiro atoms. The van der Waals surface area contributed by atoms with Crippen molar-refractivity contribution in [3.8, 4) is 0 Å².